The normalized spacial score (nSPS) is 10.9. The third-order valence-electron chi connectivity index (χ3n) is 3.84. The number of guanidine groups is 1. The molecule has 0 unspecified atom stereocenters. The minimum atomic E-state index is 0. The summed E-state index contributed by atoms with van der Waals surface area (Å²) in [5, 5.41) is 6.62. The van der Waals surface area contributed by atoms with Crippen LogP contribution in [-0.4, -0.2) is 27.5 Å². The molecule has 7 heteroatoms. The van der Waals surface area contributed by atoms with Crippen molar-refractivity contribution < 1.29 is 0 Å². The first-order chi connectivity index (χ1) is 12.2. The Bertz CT molecular complexity index is 810. The van der Waals surface area contributed by atoms with Crippen molar-refractivity contribution in [3.05, 3.63) is 78.0 Å². The predicted molar refractivity (Wildman–Crippen MR) is 115 cm³/mol. The predicted octanol–water partition coefficient (Wildman–Crippen LogP) is 3.06. The summed E-state index contributed by atoms with van der Waals surface area (Å²) in [7, 11) is 1.77. The second-order valence-electron chi connectivity index (χ2n) is 5.76. The van der Waals surface area contributed by atoms with Gasteiger partial charge < -0.3 is 10.6 Å². The van der Waals surface area contributed by atoms with E-state index < -0.39 is 0 Å². The van der Waals surface area contributed by atoms with Gasteiger partial charge in [-0.2, -0.15) is 0 Å². The molecule has 2 aromatic heterocycles. The van der Waals surface area contributed by atoms with Crippen LogP contribution in [0.3, 0.4) is 0 Å². The fourth-order valence-corrected chi connectivity index (χ4v) is 2.37. The molecule has 26 heavy (non-hydrogen) atoms. The van der Waals surface area contributed by atoms with Gasteiger partial charge in [0.2, 0.25) is 0 Å². The van der Waals surface area contributed by atoms with Crippen molar-refractivity contribution in [2.75, 3.05) is 7.05 Å². The number of nitrogens with one attached hydrogen (secondary N) is 2. The maximum atomic E-state index is 4.45. The van der Waals surface area contributed by atoms with E-state index in [9.17, 15) is 0 Å². The Morgan fingerprint density at radius 3 is 2.31 bits per heavy atom. The van der Waals surface area contributed by atoms with Gasteiger partial charge in [-0.15, -0.1) is 24.0 Å². The molecule has 136 valence electrons. The molecule has 2 N–H and O–H groups in total. The number of rotatable bonds is 5. The van der Waals surface area contributed by atoms with Crippen molar-refractivity contribution in [3.63, 3.8) is 0 Å². The van der Waals surface area contributed by atoms with Crippen LogP contribution < -0.4 is 10.6 Å². The molecule has 0 bridgehead atoms. The first-order valence-corrected chi connectivity index (χ1v) is 8.18. The zero-order valence-corrected chi connectivity index (χ0v) is 17.2. The number of imidazole rings is 1. The van der Waals surface area contributed by atoms with Gasteiger partial charge in [-0.1, -0.05) is 35.9 Å². The molecule has 0 saturated heterocycles. The summed E-state index contributed by atoms with van der Waals surface area (Å²) in [5.41, 5.74) is 3.57. The van der Waals surface area contributed by atoms with Crippen LogP contribution in [-0.2, 0) is 13.1 Å². The smallest absolute Gasteiger partial charge is 0.191 e. The molecule has 3 aromatic rings. The lowest BCUT2D eigenvalue weighted by molar-refractivity contribution is 0.805. The Balaban J connectivity index is 0.00000243. The molecule has 6 nitrogen and oxygen atoms in total. The summed E-state index contributed by atoms with van der Waals surface area (Å²) in [4.78, 5) is 12.7. The monoisotopic (exact) mass is 462 g/mol. The highest BCUT2D eigenvalue weighted by Crippen LogP contribution is 2.05. The SMILES string of the molecule is CN=C(NCc1ccc(C)cc1)NCc1ccc(-n2ccnc2)nc1.I. The highest BCUT2D eigenvalue weighted by molar-refractivity contribution is 14.0. The van der Waals surface area contributed by atoms with Crippen LogP contribution in [0.4, 0.5) is 0 Å². The van der Waals surface area contributed by atoms with Gasteiger partial charge in [0, 0.05) is 38.7 Å². The standard InChI is InChI=1S/C19H22N6.HI/c1-15-3-5-16(6-4-15)11-23-19(20-2)24-13-17-7-8-18(22-12-17)25-10-9-21-14-25;/h3-10,12,14H,11,13H2,1-2H3,(H2,20,23,24);1H. The zero-order chi connectivity index (χ0) is 17.5. The molecule has 0 aliphatic heterocycles. The average molecular weight is 462 g/mol. The van der Waals surface area contributed by atoms with Crippen molar-refractivity contribution in [1.82, 2.24) is 25.2 Å². The molecule has 0 spiro atoms. The summed E-state index contributed by atoms with van der Waals surface area (Å²) >= 11 is 0. The molecular weight excluding hydrogens is 439 g/mol. The fourth-order valence-electron chi connectivity index (χ4n) is 2.37. The zero-order valence-electron chi connectivity index (χ0n) is 14.9. The number of aryl methyl sites for hydroxylation is 1. The van der Waals surface area contributed by atoms with Crippen molar-refractivity contribution in [3.8, 4) is 5.82 Å². The number of halogens is 1. The molecule has 0 aliphatic rings. The van der Waals surface area contributed by atoms with Crippen molar-refractivity contribution in [2.45, 2.75) is 20.0 Å². The molecule has 3 rings (SSSR count). The Labute approximate surface area is 170 Å². The van der Waals surface area contributed by atoms with Gasteiger partial charge in [-0.25, -0.2) is 9.97 Å². The molecule has 2 heterocycles. The third kappa shape index (κ3) is 5.55. The molecule has 0 saturated carbocycles. The number of hydrogen-bond acceptors (Lipinski definition) is 3. The Hall–Kier alpha value is -2.42. The van der Waals surface area contributed by atoms with Crippen LogP contribution >= 0.6 is 24.0 Å². The Morgan fingerprint density at radius 1 is 1.04 bits per heavy atom. The quantitative estimate of drug-likeness (QED) is 0.348. The molecule has 0 fully saturated rings. The molecule has 0 aliphatic carbocycles. The lowest BCUT2D eigenvalue weighted by Gasteiger charge is -2.12. The second-order valence-corrected chi connectivity index (χ2v) is 5.76. The first kappa shape index (κ1) is 19.9. The van der Waals surface area contributed by atoms with E-state index in [1.807, 2.05) is 29.1 Å². The number of nitrogens with zero attached hydrogens (tertiary/aromatic N) is 4. The summed E-state index contributed by atoms with van der Waals surface area (Å²) in [6.07, 6.45) is 7.20. The molecular formula is C19H23IN6. The summed E-state index contributed by atoms with van der Waals surface area (Å²) < 4.78 is 1.87. The van der Waals surface area contributed by atoms with Crippen LogP contribution in [0.5, 0.6) is 0 Å². The van der Waals surface area contributed by atoms with E-state index in [0.717, 1.165) is 23.9 Å². The summed E-state index contributed by atoms with van der Waals surface area (Å²) in [5.74, 6) is 1.61. The summed E-state index contributed by atoms with van der Waals surface area (Å²) in [6.45, 7) is 3.48. The minimum Gasteiger partial charge on any atom is -0.352 e. The molecule has 0 amide bonds. The topological polar surface area (TPSA) is 67.1 Å². The van der Waals surface area contributed by atoms with Gasteiger partial charge in [0.05, 0.1) is 0 Å². The largest absolute Gasteiger partial charge is 0.352 e. The molecule has 1 aromatic carbocycles. The van der Waals surface area contributed by atoms with Gasteiger partial charge in [0.1, 0.15) is 12.1 Å². The van der Waals surface area contributed by atoms with Crippen molar-refractivity contribution in [2.24, 2.45) is 4.99 Å². The summed E-state index contributed by atoms with van der Waals surface area (Å²) in [6, 6.07) is 12.5. The molecule has 0 atom stereocenters. The van der Waals surface area contributed by atoms with E-state index in [4.69, 9.17) is 0 Å². The number of benzene rings is 1. The highest BCUT2D eigenvalue weighted by Gasteiger charge is 2.01. The van der Waals surface area contributed by atoms with E-state index in [1.165, 1.54) is 11.1 Å². The number of aliphatic imine (C=N–C) groups is 1. The maximum Gasteiger partial charge on any atom is 0.191 e. The van der Waals surface area contributed by atoms with Gasteiger partial charge in [0.25, 0.3) is 0 Å². The van der Waals surface area contributed by atoms with Crippen LogP contribution in [0.1, 0.15) is 16.7 Å². The van der Waals surface area contributed by atoms with E-state index >= 15 is 0 Å². The average Bonchev–Trinajstić information content (AvgIpc) is 3.18. The number of aromatic nitrogens is 3. The second kappa shape index (κ2) is 9.91. The third-order valence-corrected chi connectivity index (χ3v) is 3.84. The first-order valence-electron chi connectivity index (χ1n) is 8.18. The van der Waals surface area contributed by atoms with Gasteiger partial charge in [-0.3, -0.25) is 9.56 Å². The Kier molecular flexibility index (Phi) is 7.58. The highest BCUT2D eigenvalue weighted by atomic mass is 127. The Morgan fingerprint density at radius 2 is 1.73 bits per heavy atom. The van der Waals surface area contributed by atoms with Gasteiger partial charge in [-0.05, 0) is 24.1 Å². The van der Waals surface area contributed by atoms with Crippen LogP contribution in [0.15, 0.2) is 66.3 Å². The minimum absolute atomic E-state index is 0. The van der Waals surface area contributed by atoms with Crippen molar-refractivity contribution in [1.29, 1.82) is 0 Å². The fraction of sp³-hybridized carbons (Fsp3) is 0.211. The lowest BCUT2D eigenvalue weighted by Crippen LogP contribution is -2.36. The van der Waals surface area contributed by atoms with Crippen LogP contribution in [0, 0.1) is 6.92 Å². The number of pyridine rings is 1. The van der Waals surface area contributed by atoms with Gasteiger partial charge >= 0.3 is 0 Å². The van der Waals surface area contributed by atoms with E-state index in [-0.39, 0.29) is 24.0 Å². The van der Waals surface area contributed by atoms with Crippen LogP contribution in [0.2, 0.25) is 0 Å². The lowest BCUT2D eigenvalue weighted by atomic mass is 10.1. The van der Waals surface area contributed by atoms with E-state index in [1.54, 1.807) is 19.6 Å². The van der Waals surface area contributed by atoms with E-state index in [0.29, 0.717) is 6.54 Å². The van der Waals surface area contributed by atoms with E-state index in [2.05, 4.69) is 56.8 Å². The molecule has 0 radical (unpaired) electrons. The maximum absolute atomic E-state index is 4.45. The van der Waals surface area contributed by atoms with Crippen LogP contribution in [0.25, 0.3) is 5.82 Å². The van der Waals surface area contributed by atoms with Gasteiger partial charge in [0.15, 0.2) is 5.96 Å². The number of hydrogen-bond donors (Lipinski definition) is 2. The van der Waals surface area contributed by atoms with Crippen molar-refractivity contribution >= 4 is 29.9 Å².